The van der Waals surface area contributed by atoms with Gasteiger partial charge in [0.05, 0.1) is 17.7 Å². The van der Waals surface area contributed by atoms with Crippen LogP contribution in [-0.4, -0.2) is 13.1 Å². The fourth-order valence-corrected chi connectivity index (χ4v) is 1.58. The predicted molar refractivity (Wildman–Crippen MR) is 56.8 cm³/mol. The van der Waals surface area contributed by atoms with E-state index in [-0.39, 0.29) is 16.5 Å². The summed E-state index contributed by atoms with van der Waals surface area (Å²) >= 11 is 5.65. The van der Waals surface area contributed by atoms with Crippen LogP contribution in [0.4, 0.5) is 4.39 Å². The Morgan fingerprint density at radius 3 is 2.53 bits per heavy atom. The first-order valence-electron chi connectivity index (χ1n) is 4.55. The molecule has 0 amide bonds. The third kappa shape index (κ3) is 2.29. The van der Waals surface area contributed by atoms with Crippen molar-refractivity contribution in [2.75, 3.05) is 7.11 Å². The normalized spacial score (nSPS) is 10.5. The molecule has 0 aromatic heterocycles. The van der Waals surface area contributed by atoms with Crippen molar-refractivity contribution in [3.8, 4) is 0 Å². The number of methoxy groups -OCH3 is 1. The highest BCUT2D eigenvalue weighted by molar-refractivity contribution is 6.31. The van der Waals surface area contributed by atoms with Crippen LogP contribution in [0.15, 0.2) is 12.1 Å². The molecule has 0 heterocycles. The minimum Gasteiger partial charge on any atom is -0.465 e. The van der Waals surface area contributed by atoms with Crippen LogP contribution in [-0.2, 0) is 4.74 Å². The molecule has 0 unspecified atom stereocenters. The Hall–Kier alpha value is -1.09. The maximum atomic E-state index is 13.7. The van der Waals surface area contributed by atoms with E-state index in [0.29, 0.717) is 5.56 Å². The predicted octanol–water partition coefficient (Wildman–Crippen LogP) is 3.39. The molecule has 0 bridgehead atoms. The van der Waals surface area contributed by atoms with Crippen molar-refractivity contribution in [3.05, 3.63) is 34.1 Å². The Kier molecular flexibility index (Phi) is 3.69. The largest absolute Gasteiger partial charge is 0.465 e. The van der Waals surface area contributed by atoms with Gasteiger partial charge in [0.25, 0.3) is 0 Å². The maximum absolute atomic E-state index is 13.7. The Balaban J connectivity index is 3.40. The van der Waals surface area contributed by atoms with Gasteiger partial charge in [-0.15, -0.1) is 0 Å². The number of esters is 1. The van der Waals surface area contributed by atoms with E-state index in [0.717, 1.165) is 0 Å². The summed E-state index contributed by atoms with van der Waals surface area (Å²) in [6.45, 7) is 3.59. The number of carbonyl (C=O) groups excluding carboxylic acids is 1. The maximum Gasteiger partial charge on any atom is 0.338 e. The summed E-state index contributed by atoms with van der Waals surface area (Å²) in [5.41, 5.74) is 0.531. The zero-order chi connectivity index (χ0) is 11.6. The Morgan fingerprint density at radius 2 is 2.07 bits per heavy atom. The quantitative estimate of drug-likeness (QED) is 0.728. The average molecular weight is 231 g/mol. The van der Waals surface area contributed by atoms with Crippen LogP contribution in [0.5, 0.6) is 0 Å². The number of halogens is 2. The van der Waals surface area contributed by atoms with Crippen molar-refractivity contribution in [2.45, 2.75) is 19.8 Å². The molecule has 0 aliphatic carbocycles. The summed E-state index contributed by atoms with van der Waals surface area (Å²) in [5.74, 6) is -1.22. The van der Waals surface area contributed by atoms with Crippen molar-refractivity contribution >= 4 is 17.6 Å². The van der Waals surface area contributed by atoms with E-state index < -0.39 is 11.8 Å². The van der Waals surface area contributed by atoms with Crippen LogP contribution in [0.25, 0.3) is 0 Å². The van der Waals surface area contributed by atoms with E-state index in [1.807, 2.05) is 0 Å². The van der Waals surface area contributed by atoms with Crippen LogP contribution in [0.3, 0.4) is 0 Å². The van der Waals surface area contributed by atoms with E-state index in [4.69, 9.17) is 11.6 Å². The lowest BCUT2D eigenvalue weighted by Crippen LogP contribution is -2.09. The first-order valence-corrected chi connectivity index (χ1v) is 4.93. The van der Waals surface area contributed by atoms with Gasteiger partial charge in [0.2, 0.25) is 0 Å². The third-order valence-electron chi connectivity index (χ3n) is 2.12. The molecule has 0 aliphatic rings. The second kappa shape index (κ2) is 4.62. The Labute approximate surface area is 93.0 Å². The van der Waals surface area contributed by atoms with E-state index >= 15 is 0 Å². The molecule has 0 N–H and O–H groups in total. The van der Waals surface area contributed by atoms with Crippen molar-refractivity contribution in [1.29, 1.82) is 0 Å². The third-order valence-corrected chi connectivity index (χ3v) is 2.41. The Morgan fingerprint density at radius 1 is 1.47 bits per heavy atom. The van der Waals surface area contributed by atoms with Gasteiger partial charge in [0.15, 0.2) is 0 Å². The molecule has 1 aromatic carbocycles. The van der Waals surface area contributed by atoms with Gasteiger partial charge < -0.3 is 4.74 Å². The second-order valence-corrected chi connectivity index (χ2v) is 3.88. The van der Waals surface area contributed by atoms with Crippen LogP contribution in [0, 0.1) is 5.82 Å². The highest BCUT2D eigenvalue weighted by Gasteiger charge is 2.20. The summed E-state index contributed by atoms with van der Waals surface area (Å²) in [4.78, 5) is 11.4. The molecule has 15 heavy (non-hydrogen) atoms. The van der Waals surface area contributed by atoms with Crippen LogP contribution in [0.1, 0.15) is 35.7 Å². The molecule has 4 heteroatoms. The number of benzene rings is 1. The molecular formula is C11H12ClFO2. The molecular weight excluding hydrogens is 219 g/mol. The first-order chi connectivity index (χ1) is 6.99. The van der Waals surface area contributed by atoms with Gasteiger partial charge in [0.1, 0.15) is 5.82 Å². The minimum atomic E-state index is -0.547. The summed E-state index contributed by atoms with van der Waals surface area (Å²) in [6.07, 6.45) is 0. The molecule has 82 valence electrons. The standard InChI is InChI=1S/C11H12ClFO2/c1-6(2)9-7(11(14)15-3)4-5-8(12)10(9)13/h4-6H,1-3H3. The highest BCUT2D eigenvalue weighted by Crippen LogP contribution is 2.28. The molecule has 0 atom stereocenters. The van der Waals surface area contributed by atoms with Gasteiger partial charge in [-0.2, -0.15) is 0 Å². The molecule has 1 aromatic rings. The summed E-state index contributed by atoms with van der Waals surface area (Å²) in [6, 6.07) is 2.83. The highest BCUT2D eigenvalue weighted by atomic mass is 35.5. The molecule has 0 saturated heterocycles. The zero-order valence-corrected chi connectivity index (χ0v) is 9.56. The van der Waals surface area contributed by atoms with Crippen LogP contribution < -0.4 is 0 Å². The van der Waals surface area contributed by atoms with E-state index in [1.54, 1.807) is 13.8 Å². The van der Waals surface area contributed by atoms with E-state index in [2.05, 4.69) is 4.74 Å². The fraction of sp³-hybridized carbons (Fsp3) is 0.364. The molecule has 0 fully saturated rings. The van der Waals surface area contributed by atoms with E-state index in [1.165, 1.54) is 19.2 Å². The number of ether oxygens (including phenoxy) is 1. The van der Waals surface area contributed by atoms with Crippen LogP contribution >= 0.6 is 11.6 Å². The summed E-state index contributed by atoms with van der Waals surface area (Å²) in [7, 11) is 1.26. The molecule has 0 aliphatic heterocycles. The minimum absolute atomic E-state index is 0.0198. The zero-order valence-electron chi connectivity index (χ0n) is 8.80. The van der Waals surface area contributed by atoms with Crippen molar-refractivity contribution in [2.24, 2.45) is 0 Å². The van der Waals surface area contributed by atoms with Gasteiger partial charge in [0, 0.05) is 5.56 Å². The number of rotatable bonds is 2. The van der Waals surface area contributed by atoms with Crippen molar-refractivity contribution < 1.29 is 13.9 Å². The molecule has 1 rings (SSSR count). The van der Waals surface area contributed by atoms with Crippen molar-refractivity contribution in [1.82, 2.24) is 0 Å². The average Bonchev–Trinajstić information content (AvgIpc) is 2.20. The molecule has 0 saturated carbocycles. The van der Waals surface area contributed by atoms with Crippen molar-refractivity contribution in [3.63, 3.8) is 0 Å². The lowest BCUT2D eigenvalue weighted by Gasteiger charge is -2.12. The van der Waals surface area contributed by atoms with Gasteiger partial charge in [-0.3, -0.25) is 0 Å². The fourth-order valence-electron chi connectivity index (χ4n) is 1.42. The summed E-state index contributed by atoms with van der Waals surface area (Å²) < 4.78 is 18.2. The monoisotopic (exact) mass is 230 g/mol. The van der Waals surface area contributed by atoms with Gasteiger partial charge in [-0.1, -0.05) is 25.4 Å². The lowest BCUT2D eigenvalue weighted by atomic mass is 9.96. The smallest absolute Gasteiger partial charge is 0.338 e. The first kappa shape index (κ1) is 12.0. The Bertz CT molecular complexity index is 388. The number of hydrogen-bond donors (Lipinski definition) is 0. The number of hydrogen-bond acceptors (Lipinski definition) is 2. The topological polar surface area (TPSA) is 26.3 Å². The lowest BCUT2D eigenvalue weighted by molar-refractivity contribution is 0.0598. The van der Waals surface area contributed by atoms with E-state index in [9.17, 15) is 9.18 Å². The molecule has 2 nitrogen and oxygen atoms in total. The molecule has 0 radical (unpaired) electrons. The number of carbonyl (C=O) groups is 1. The second-order valence-electron chi connectivity index (χ2n) is 3.47. The van der Waals surface area contributed by atoms with Gasteiger partial charge in [-0.25, -0.2) is 9.18 Å². The van der Waals surface area contributed by atoms with Gasteiger partial charge >= 0.3 is 5.97 Å². The van der Waals surface area contributed by atoms with Crippen LogP contribution in [0.2, 0.25) is 5.02 Å². The molecule has 0 spiro atoms. The summed E-state index contributed by atoms with van der Waals surface area (Å²) in [5, 5.41) is 0.0198. The SMILES string of the molecule is COC(=O)c1ccc(Cl)c(F)c1C(C)C. The van der Waals surface area contributed by atoms with Gasteiger partial charge in [-0.05, 0) is 18.1 Å².